The molecule has 2 aromatic carbocycles. The zero-order valence-corrected chi connectivity index (χ0v) is 26.7. The van der Waals surface area contributed by atoms with Crippen molar-refractivity contribution in [2.45, 2.75) is 83.6 Å². The van der Waals surface area contributed by atoms with Crippen LogP contribution in [0, 0.1) is 28.1 Å². The maximum Gasteiger partial charge on any atom is 0.338 e. The highest BCUT2D eigenvalue weighted by Gasteiger charge is 2.77. The van der Waals surface area contributed by atoms with Gasteiger partial charge in [-0.15, -0.1) is 6.58 Å². The second kappa shape index (κ2) is 11.7. The molecule has 3 N–H and O–H groups in total. The maximum atomic E-state index is 14.3. The van der Waals surface area contributed by atoms with Crippen molar-refractivity contribution in [2.24, 2.45) is 28.1 Å². The van der Waals surface area contributed by atoms with Crippen LogP contribution in [0.25, 0.3) is 0 Å². The van der Waals surface area contributed by atoms with E-state index in [9.17, 15) is 34.5 Å². The monoisotopic (exact) mass is 634 g/mol. The molecule has 46 heavy (non-hydrogen) atoms. The molecule has 5 rings (SSSR count). The molecular weight excluding hydrogens is 592 g/mol. The van der Waals surface area contributed by atoms with Crippen molar-refractivity contribution in [1.82, 2.24) is 0 Å². The van der Waals surface area contributed by atoms with E-state index in [0.717, 1.165) is 0 Å². The van der Waals surface area contributed by atoms with E-state index in [2.05, 4.69) is 6.58 Å². The number of benzene rings is 2. The number of allylic oxidation sites excluding steroid dienone is 1. The first kappa shape index (κ1) is 33.5. The van der Waals surface area contributed by atoms with Gasteiger partial charge in [-0.2, -0.15) is 0 Å². The zero-order valence-electron chi connectivity index (χ0n) is 26.7. The van der Waals surface area contributed by atoms with E-state index >= 15 is 0 Å². The lowest BCUT2D eigenvalue weighted by molar-refractivity contribution is -0.312. The Morgan fingerprint density at radius 3 is 1.87 bits per heavy atom. The third kappa shape index (κ3) is 5.07. The summed E-state index contributed by atoms with van der Waals surface area (Å²) in [5.74, 6) is -5.02. The molecule has 10 atom stereocenters. The van der Waals surface area contributed by atoms with Crippen molar-refractivity contribution in [2.75, 3.05) is 0 Å². The highest BCUT2D eigenvalue weighted by molar-refractivity contribution is 5.96. The number of carbonyl (C=O) groups is 4. The van der Waals surface area contributed by atoms with Gasteiger partial charge < -0.3 is 29.5 Å². The Hall–Kier alpha value is -3.86. The normalized spacial score (nSPS) is 38.0. The fourth-order valence-electron chi connectivity index (χ4n) is 8.68. The molecule has 10 unspecified atom stereocenters. The second-order valence-electron chi connectivity index (χ2n) is 14.0. The van der Waals surface area contributed by atoms with Gasteiger partial charge in [-0.25, -0.2) is 9.59 Å². The van der Waals surface area contributed by atoms with Crippen molar-refractivity contribution in [1.29, 1.82) is 0 Å². The molecule has 0 saturated heterocycles. The number of ketones is 1. The number of esters is 3. The third-order valence-electron chi connectivity index (χ3n) is 10.9. The fraction of sp³-hybridized carbons (Fsp3) is 0.500. The van der Waals surface area contributed by atoms with E-state index in [1.54, 1.807) is 76.2 Å². The van der Waals surface area contributed by atoms with E-state index < -0.39 is 87.9 Å². The smallest absolute Gasteiger partial charge is 0.338 e. The maximum absolute atomic E-state index is 14.3. The van der Waals surface area contributed by atoms with Gasteiger partial charge in [-0.05, 0) is 43.5 Å². The third-order valence-corrected chi connectivity index (χ3v) is 10.9. The van der Waals surface area contributed by atoms with Crippen molar-refractivity contribution < 1.29 is 48.7 Å². The molecule has 246 valence electrons. The number of aliphatic hydroxyl groups is 3. The van der Waals surface area contributed by atoms with E-state index in [-0.39, 0.29) is 24.0 Å². The number of aliphatic hydroxyl groups excluding tert-OH is 2. The van der Waals surface area contributed by atoms with Crippen LogP contribution >= 0.6 is 0 Å². The van der Waals surface area contributed by atoms with Crippen LogP contribution in [0.3, 0.4) is 0 Å². The molecule has 0 amide bonds. The van der Waals surface area contributed by atoms with Gasteiger partial charge in [0, 0.05) is 30.1 Å². The summed E-state index contributed by atoms with van der Waals surface area (Å²) in [5.41, 5.74) is -6.11. The molecule has 0 bridgehead atoms. The first-order valence-electron chi connectivity index (χ1n) is 15.5. The molecule has 2 aromatic rings. The minimum atomic E-state index is -2.50. The minimum Gasteiger partial charge on any atom is -0.459 e. The Kier molecular flexibility index (Phi) is 8.55. The Balaban J connectivity index is 1.72. The Bertz CT molecular complexity index is 1520. The highest BCUT2D eigenvalue weighted by atomic mass is 16.6. The topological polar surface area (TPSA) is 157 Å². The lowest BCUT2D eigenvalue weighted by atomic mass is 9.39. The lowest BCUT2D eigenvalue weighted by Gasteiger charge is -2.68. The van der Waals surface area contributed by atoms with E-state index in [1.165, 1.54) is 25.1 Å². The number of hydrogen-bond donors (Lipinski definition) is 3. The summed E-state index contributed by atoms with van der Waals surface area (Å²) in [6.45, 7) is 11.8. The predicted molar refractivity (Wildman–Crippen MR) is 165 cm³/mol. The van der Waals surface area contributed by atoms with E-state index in [4.69, 9.17) is 14.2 Å². The summed E-state index contributed by atoms with van der Waals surface area (Å²) in [5, 5.41) is 36.3. The quantitative estimate of drug-likeness (QED) is 0.243. The first-order chi connectivity index (χ1) is 21.5. The van der Waals surface area contributed by atoms with Crippen LogP contribution < -0.4 is 0 Å². The lowest BCUT2D eigenvalue weighted by Crippen LogP contribution is -2.80. The average Bonchev–Trinajstić information content (AvgIpc) is 3.02. The van der Waals surface area contributed by atoms with E-state index in [0.29, 0.717) is 0 Å². The van der Waals surface area contributed by atoms with Gasteiger partial charge in [0.2, 0.25) is 0 Å². The summed E-state index contributed by atoms with van der Waals surface area (Å²) in [4.78, 5) is 53.8. The largest absolute Gasteiger partial charge is 0.459 e. The molecule has 3 aliphatic rings. The standard InChI is InChI=1S/C36H42O10/c1-7-34(5)19-23(45-30(40)21-14-10-8-11-15-21)27-35(6)24(18-25(38)36(27,43)32(34)42)33(3,4)28(44-20(2)37)26(39)29(35)46-31(41)22-16-12-9-13-17-22/h7-17,23-29,38-39,43H,1,18-19H2,2-6H3. The Labute approximate surface area is 268 Å². The predicted octanol–water partition coefficient (Wildman–Crippen LogP) is 3.67. The molecule has 0 heterocycles. The van der Waals surface area contributed by atoms with Gasteiger partial charge >= 0.3 is 17.9 Å². The molecule has 3 aliphatic carbocycles. The van der Waals surface area contributed by atoms with E-state index in [1.807, 2.05) is 0 Å². The second-order valence-corrected chi connectivity index (χ2v) is 14.0. The minimum absolute atomic E-state index is 0.0981. The van der Waals surface area contributed by atoms with Gasteiger partial charge in [0.1, 0.15) is 24.4 Å². The van der Waals surface area contributed by atoms with Gasteiger partial charge in [-0.3, -0.25) is 9.59 Å². The number of hydrogen-bond acceptors (Lipinski definition) is 10. The van der Waals surface area contributed by atoms with Crippen LogP contribution in [0.1, 0.15) is 68.2 Å². The van der Waals surface area contributed by atoms with Gasteiger partial charge in [0.25, 0.3) is 0 Å². The fourth-order valence-corrected chi connectivity index (χ4v) is 8.68. The summed E-state index contributed by atoms with van der Waals surface area (Å²) in [6.07, 6.45) is -6.08. The van der Waals surface area contributed by atoms with Crippen LogP contribution in [-0.4, -0.2) is 75.1 Å². The van der Waals surface area contributed by atoms with Gasteiger partial charge in [0.15, 0.2) is 11.4 Å². The number of Topliss-reactive ketones (excluding diaryl/α,β-unsaturated/α-hetero) is 1. The van der Waals surface area contributed by atoms with Crippen LogP contribution in [0.5, 0.6) is 0 Å². The molecule has 10 nitrogen and oxygen atoms in total. The summed E-state index contributed by atoms with van der Waals surface area (Å²) in [6, 6.07) is 16.3. The average molecular weight is 635 g/mol. The van der Waals surface area contributed by atoms with Crippen molar-refractivity contribution in [3.63, 3.8) is 0 Å². The van der Waals surface area contributed by atoms with Crippen LogP contribution in [-0.2, 0) is 23.8 Å². The molecule has 0 radical (unpaired) electrons. The van der Waals surface area contributed by atoms with Gasteiger partial charge in [-0.1, -0.05) is 63.2 Å². The summed E-state index contributed by atoms with van der Waals surface area (Å²) >= 11 is 0. The Morgan fingerprint density at radius 1 is 0.848 bits per heavy atom. The SMILES string of the molecule is C=CC1(C)CC(OC(=O)c2ccccc2)C2C(O)(C1=O)C(O)CC1C(C)(C)C(OC(C)=O)C(O)C(OC(=O)c3ccccc3)C12C. The summed E-state index contributed by atoms with van der Waals surface area (Å²) in [7, 11) is 0. The molecular formula is C36H42O10. The molecule has 0 spiro atoms. The molecule has 3 fully saturated rings. The summed E-state index contributed by atoms with van der Waals surface area (Å²) < 4.78 is 17.9. The number of rotatable bonds is 6. The van der Waals surface area contributed by atoms with Crippen molar-refractivity contribution in [3.8, 4) is 0 Å². The number of fused-ring (bicyclic) bond motifs is 3. The van der Waals surface area contributed by atoms with Crippen LogP contribution in [0.4, 0.5) is 0 Å². The van der Waals surface area contributed by atoms with Crippen molar-refractivity contribution >= 4 is 23.7 Å². The highest BCUT2D eigenvalue weighted by Crippen LogP contribution is 2.67. The first-order valence-corrected chi connectivity index (χ1v) is 15.5. The molecule has 0 aromatic heterocycles. The molecule has 10 heteroatoms. The van der Waals surface area contributed by atoms with Crippen LogP contribution in [0.2, 0.25) is 0 Å². The van der Waals surface area contributed by atoms with Gasteiger partial charge in [0.05, 0.1) is 22.6 Å². The van der Waals surface area contributed by atoms with Crippen molar-refractivity contribution in [3.05, 3.63) is 84.4 Å². The van der Waals surface area contributed by atoms with Crippen LogP contribution in [0.15, 0.2) is 73.3 Å². The number of ether oxygens (including phenoxy) is 3. The molecule has 0 aliphatic heterocycles. The Morgan fingerprint density at radius 2 is 1.37 bits per heavy atom. The molecule has 3 saturated carbocycles. The number of carbonyl (C=O) groups excluding carboxylic acids is 4. The zero-order chi connectivity index (χ0) is 33.8.